The lowest BCUT2D eigenvalue weighted by Gasteiger charge is -2.56. The van der Waals surface area contributed by atoms with E-state index in [-0.39, 0.29) is 20.4 Å². The van der Waals surface area contributed by atoms with E-state index in [1.165, 1.54) is 112 Å². The number of para-hydroxylation sites is 6. The average Bonchev–Trinajstić information content (AvgIpc) is 3.34. The fraction of sp³-hybridized carbons (Fsp3) is 0. The van der Waals surface area contributed by atoms with Gasteiger partial charge in [-0.3, -0.25) is 4.98 Å². The van der Waals surface area contributed by atoms with Crippen LogP contribution in [0.15, 0.2) is 194 Å². The summed E-state index contributed by atoms with van der Waals surface area (Å²) in [5.41, 5.74) is 27.0. The van der Waals surface area contributed by atoms with Gasteiger partial charge in [-0.05, 0) is 128 Å². The number of fused-ring (bicyclic) bond motifs is 12. The summed E-state index contributed by atoms with van der Waals surface area (Å²) in [6, 6.07) is 68.3. The van der Waals surface area contributed by atoms with E-state index in [9.17, 15) is 0 Å². The van der Waals surface area contributed by atoms with E-state index in [1.54, 1.807) is 0 Å². The third-order valence-electron chi connectivity index (χ3n) is 14.2. The smallest absolute Gasteiger partial charge is 0.333 e. The average molecular weight is 771 g/mol. The molecule has 1 aromatic heterocycles. The van der Waals surface area contributed by atoms with Crippen LogP contribution < -0.4 is 57.7 Å². The number of pyridine rings is 1. The molecule has 6 aliphatic heterocycles. The molecule has 0 unspecified atom stereocenters. The van der Waals surface area contributed by atoms with Crippen LogP contribution in [0.1, 0.15) is 0 Å². The first kappa shape index (κ1) is 32.2. The van der Waals surface area contributed by atoms with Gasteiger partial charge in [0.1, 0.15) is 0 Å². The highest BCUT2D eigenvalue weighted by Gasteiger charge is 2.58. The van der Waals surface area contributed by atoms with Crippen LogP contribution in [0.5, 0.6) is 0 Å². The zero-order valence-electron chi connectivity index (χ0n) is 32.9. The van der Waals surface area contributed by atoms with Crippen LogP contribution in [0.4, 0.5) is 56.9 Å². The highest BCUT2D eigenvalue weighted by Crippen LogP contribution is 2.56. The first-order valence-corrected chi connectivity index (χ1v) is 21.3. The summed E-state index contributed by atoms with van der Waals surface area (Å²) in [6.45, 7) is -0.130. The Hall–Kier alpha value is -7.70. The molecule has 0 saturated carbocycles. The highest BCUT2D eigenvalue weighted by molar-refractivity contribution is 7.05. The molecule has 0 saturated heterocycles. The molecule has 9 aromatic rings. The Balaban J connectivity index is 1.20. The van der Waals surface area contributed by atoms with E-state index in [4.69, 9.17) is 0 Å². The molecule has 0 fully saturated rings. The Morgan fingerprint density at radius 2 is 0.754 bits per heavy atom. The van der Waals surface area contributed by atoms with E-state index in [2.05, 4.69) is 206 Å². The minimum Gasteiger partial charge on any atom is -0.376 e. The Morgan fingerprint density at radius 1 is 0.344 bits per heavy atom. The maximum atomic E-state index is 4.45. The molecule has 0 spiro atoms. The minimum atomic E-state index is -0.0907. The maximum absolute atomic E-state index is 4.45. The molecule has 7 heterocycles. The third-order valence-corrected chi connectivity index (χ3v) is 14.2. The second-order valence-corrected chi connectivity index (χ2v) is 17.0. The van der Waals surface area contributed by atoms with Crippen molar-refractivity contribution in [3.63, 3.8) is 0 Å². The van der Waals surface area contributed by atoms with Crippen LogP contribution in [0.2, 0.25) is 0 Å². The molecule has 6 aliphatic rings. The fourth-order valence-corrected chi connectivity index (χ4v) is 12.1. The molecule has 5 nitrogen and oxygen atoms in total. The second kappa shape index (κ2) is 11.5. The molecule has 0 aliphatic carbocycles. The molecule has 15 rings (SSSR count). The van der Waals surface area contributed by atoms with Gasteiger partial charge in [-0.15, -0.1) is 0 Å². The zero-order valence-corrected chi connectivity index (χ0v) is 32.9. The summed E-state index contributed by atoms with van der Waals surface area (Å²) in [5.74, 6) is 0. The molecule has 61 heavy (non-hydrogen) atoms. The first-order chi connectivity index (χ1) is 30.3. The van der Waals surface area contributed by atoms with E-state index in [0.29, 0.717) is 0 Å². The molecule has 0 bridgehead atoms. The van der Waals surface area contributed by atoms with Crippen LogP contribution in [0.25, 0.3) is 22.3 Å². The number of anilines is 10. The molecule has 278 valence electrons. The Kier molecular flexibility index (Phi) is 6.08. The molecule has 0 N–H and O–H groups in total. The van der Waals surface area contributed by atoms with Crippen molar-refractivity contribution in [1.29, 1.82) is 0 Å². The van der Waals surface area contributed by atoms with Gasteiger partial charge in [0.05, 0.1) is 0 Å². The van der Waals surface area contributed by atoms with Gasteiger partial charge >= 0.3 is 13.7 Å². The van der Waals surface area contributed by atoms with Crippen LogP contribution in [-0.2, 0) is 0 Å². The van der Waals surface area contributed by atoms with Crippen molar-refractivity contribution in [2.24, 2.45) is 0 Å². The van der Waals surface area contributed by atoms with Gasteiger partial charge in [-0.1, -0.05) is 109 Å². The molecule has 0 amide bonds. The quantitative estimate of drug-likeness (QED) is 0.172. The lowest BCUT2D eigenvalue weighted by Crippen LogP contribution is -2.74. The summed E-state index contributed by atoms with van der Waals surface area (Å²) in [6.07, 6.45) is 3.83. The number of nitrogens with zero attached hydrogens (tertiary/aromatic N) is 5. The van der Waals surface area contributed by atoms with Gasteiger partial charge in [0, 0.05) is 74.8 Å². The summed E-state index contributed by atoms with van der Waals surface area (Å²) < 4.78 is 0. The second-order valence-electron chi connectivity index (χ2n) is 17.0. The SMILES string of the molecule is c1ccc(N2B3c4ccccc4N4c5ccccc5B5c6ccccc6N6c7ccccc7B7c8c(c3c4c5c86)-c3c2cc(-c2ccncc2)cc3N7c2ccccc2)cc1. The first-order valence-electron chi connectivity index (χ1n) is 21.3. The highest BCUT2D eigenvalue weighted by atomic mass is 15.2. The molecule has 8 heteroatoms. The van der Waals surface area contributed by atoms with Crippen LogP contribution in [0, 0.1) is 0 Å². The lowest BCUT2D eigenvalue weighted by molar-refractivity contribution is 1.23. The maximum Gasteiger partial charge on any atom is 0.333 e. The Morgan fingerprint density at radius 3 is 1.23 bits per heavy atom. The third kappa shape index (κ3) is 3.90. The predicted octanol–water partition coefficient (Wildman–Crippen LogP) is 7.64. The van der Waals surface area contributed by atoms with Crippen molar-refractivity contribution in [1.82, 2.24) is 4.98 Å². The number of rotatable bonds is 3. The van der Waals surface area contributed by atoms with E-state index >= 15 is 0 Å². The van der Waals surface area contributed by atoms with E-state index < -0.39 is 0 Å². The Labute approximate surface area is 355 Å². The number of hydrogen-bond acceptors (Lipinski definition) is 5. The van der Waals surface area contributed by atoms with Gasteiger partial charge in [-0.2, -0.15) is 0 Å². The summed E-state index contributed by atoms with van der Waals surface area (Å²) in [4.78, 5) is 15.1. The van der Waals surface area contributed by atoms with Gasteiger partial charge in [0.25, 0.3) is 6.71 Å². The van der Waals surface area contributed by atoms with E-state index in [1.807, 2.05) is 12.4 Å². The van der Waals surface area contributed by atoms with Crippen molar-refractivity contribution in [2.45, 2.75) is 0 Å². The Bertz CT molecular complexity index is 3180. The lowest BCUT2D eigenvalue weighted by atomic mass is 9.28. The van der Waals surface area contributed by atoms with Crippen LogP contribution in [-0.4, -0.2) is 25.4 Å². The van der Waals surface area contributed by atoms with Crippen molar-refractivity contribution in [3.05, 3.63) is 194 Å². The van der Waals surface area contributed by atoms with Gasteiger partial charge in [0.2, 0.25) is 0 Å². The molecular weight excluding hydrogens is 739 g/mol. The standard InChI is InChI=1S/C53H32B3N5/c1-3-15-35(16-4-1)60-45-31-34(33-27-29-57-30-28-33)32-46-47(45)48-49-52-51-53-50(48)56(61(46)36-17-5-2-6-18-36)40-22-10-14-26-44(40)59(53)42-24-12-8-20-38(42)54(51)37-19-7-11-23-41(37)58(52)43-25-13-9-21-39(43)55(49)60/h1-32H. The summed E-state index contributed by atoms with van der Waals surface area (Å²) in [5, 5.41) is 0. The normalized spacial score (nSPS) is 14.7. The summed E-state index contributed by atoms with van der Waals surface area (Å²) >= 11 is 0. The molecule has 8 aromatic carbocycles. The zero-order chi connectivity index (χ0) is 39.5. The number of hydrogen-bond donors (Lipinski definition) is 0. The van der Waals surface area contributed by atoms with Crippen molar-refractivity contribution in [3.8, 4) is 22.3 Å². The summed E-state index contributed by atoms with van der Waals surface area (Å²) in [7, 11) is 0. The van der Waals surface area contributed by atoms with E-state index in [0.717, 1.165) is 5.56 Å². The van der Waals surface area contributed by atoms with Crippen molar-refractivity contribution < 1.29 is 0 Å². The monoisotopic (exact) mass is 771 g/mol. The number of aromatic nitrogens is 1. The minimum absolute atomic E-state index is 0.0514. The van der Waals surface area contributed by atoms with Crippen molar-refractivity contribution in [2.75, 3.05) is 19.4 Å². The van der Waals surface area contributed by atoms with Crippen LogP contribution >= 0.6 is 0 Å². The van der Waals surface area contributed by atoms with Gasteiger partial charge < -0.3 is 19.4 Å². The van der Waals surface area contributed by atoms with Gasteiger partial charge in [-0.25, -0.2) is 0 Å². The molecule has 0 atom stereocenters. The van der Waals surface area contributed by atoms with Crippen molar-refractivity contribution >= 4 is 116 Å². The predicted molar refractivity (Wildman–Crippen MR) is 256 cm³/mol. The van der Waals surface area contributed by atoms with Crippen LogP contribution in [0.3, 0.4) is 0 Å². The topological polar surface area (TPSA) is 25.9 Å². The molecular formula is C53H32B3N5. The van der Waals surface area contributed by atoms with Gasteiger partial charge in [0.15, 0.2) is 0 Å². The molecule has 0 radical (unpaired) electrons. The largest absolute Gasteiger partial charge is 0.376 e. The fourth-order valence-electron chi connectivity index (χ4n) is 12.1. The number of benzene rings is 8.